The molecule has 0 bridgehead atoms. The maximum Gasteiger partial charge on any atom is 0.00292 e. The summed E-state index contributed by atoms with van der Waals surface area (Å²) in [6.45, 7) is 10.5. The fourth-order valence-corrected chi connectivity index (χ4v) is 2.07. The Hall–Kier alpha value is -0.0400. The van der Waals surface area contributed by atoms with Crippen LogP contribution in [0.2, 0.25) is 0 Å². The summed E-state index contributed by atoms with van der Waals surface area (Å²) in [6, 6.07) is 0. The molecule has 0 saturated carbocycles. The Labute approximate surface area is 78.1 Å². The maximum atomic E-state index is 2.40. The molecule has 12 heavy (non-hydrogen) atoms. The van der Waals surface area contributed by atoms with Crippen molar-refractivity contribution in [2.24, 2.45) is 11.3 Å². The van der Waals surface area contributed by atoms with E-state index in [4.69, 9.17) is 0 Å². The van der Waals surface area contributed by atoms with E-state index in [0.29, 0.717) is 5.41 Å². The third kappa shape index (κ3) is 4.76. The van der Waals surface area contributed by atoms with Gasteiger partial charge in [0.2, 0.25) is 0 Å². The van der Waals surface area contributed by atoms with E-state index in [-0.39, 0.29) is 0 Å². The number of rotatable bonds is 5. The van der Waals surface area contributed by atoms with Crippen molar-refractivity contribution in [3.05, 3.63) is 0 Å². The zero-order valence-corrected chi connectivity index (χ0v) is 9.65. The summed E-state index contributed by atoms with van der Waals surface area (Å²) in [7, 11) is 4.32. The van der Waals surface area contributed by atoms with Gasteiger partial charge < -0.3 is 4.90 Å². The zero-order chi connectivity index (χ0) is 9.78. The lowest BCUT2D eigenvalue weighted by molar-refractivity contribution is 0.174. The first-order chi connectivity index (χ1) is 5.39. The fraction of sp³-hybridized carbons (Fsp3) is 1.00. The summed E-state index contributed by atoms with van der Waals surface area (Å²) in [5.74, 6) is 0.815. The van der Waals surface area contributed by atoms with Crippen molar-refractivity contribution in [3.8, 4) is 0 Å². The highest BCUT2D eigenvalue weighted by molar-refractivity contribution is 4.76. The molecule has 0 aromatic heterocycles. The molecule has 1 unspecified atom stereocenters. The average molecular weight is 171 g/mol. The van der Waals surface area contributed by atoms with Gasteiger partial charge in [-0.05, 0) is 38.3 Å². The van der Waals surface area contributed by atoms with Crippen molar-refractivity contribution >= 4 is 0 Å². The van der Waals surface area contributed by atoms with E-state index in [0.717, 1.165) is 5.92 Å². The minimum atomic E-state index is 0.512. The number of nitrogens with zero attached hydrogens (tertiary/aromatic N) is 1. The van der Waals surface area contributed by atoms with Crippen molar-refractivity contribution in [2.45, 2.75) is 40.5 Å². The van der Waals surface area contributed by atoms with E-state index in [2.05, 4.69) is 46.7 Å². The Morgan fingerprint density at radius 3 is 2.00 bits per heavy atom. The van der Waals surface area contributed by atoms with Crippen molar-refractivity contribution in [1.29, 1.82) is 0 Å². The SMILES string of the molecule is CCC(C)(CC(C)C)CN(C)C. The van der Waals surface area contributed by atoms with E-state index < -0.39 is 0 Å². The molecule has 0 aliphatic carbocycles. The topological polar surface area (TPSA) is 3.24 Å². The second kappa shape index (κ2) is 4.86. The van der Waals surface area contributed by atoms with Gasteiger partial charge in [-0.25, -0.2) is 0 Å². The minimum Gasteiger partial charge on any atom is -0.309 e. The summed E-state index contributed by atoms with van der Waals surface area (Å²) in [5.41, 5.74) is 0.512. The van der Waals surface area contributed by atoms with Gasteiger partial charge in [0.1, 0.15) is 0 Å². The Morgan fingerprint density at radius 1 is 1.25 bits per heavy atom. The highest BCUT2D eigenvalue weighted by Crippen LogP contribution is 2.29. The smallest absolute Gasteiger partial charge is 0.00292 e. The number of hydrogen-bond acceptors (Lipinski definition) is 1. The third-order valence-corrected chi connectivity index (χ3v) is 2.45. The van der Waals surface area contributed by atoms with Gasteiger partial charge in [-0.15, -0.1) is 0 Å². The van der Waals surface area contributed by atoms with Crippen LogP contribution in [0.25, 0.3) is 0 Å². The second-order valence-corrected chi connectivity index (χ2v) is 5.00. The van der Waals surface area contributed by atoms with Gasteiger partial charge in [0.05, 0.1) is 0 Å². The summed E-state index contributed by atoms with van der Waals surface area (Å²) < 4.78 is 0. The van der Waals surface area contributed by atoms with Gasteiger partial charge in [0.25, 0.3) is 0 Å². The molecule has 0 N–H and O–H groups in total. The third-order valence-electron chi connectivity index (χ3n) is 2.45. The molecule has 0 aliphatic heterocycles. The van der Waals surface area contributed by atoms with E-state index in [9.17, 15) is 0 Å². The molecule has 74 valence electrons. The minimum absolute atomic E-state index is 0.512. The molecule has 0 radical (unpaired) electrons. The lowest BCUT2D eigenvalue weighted by Crippen LogP contribution is -2.31. The molecule has 1 nitrogen and oxygen atoms in total. The maximum absolute atomic E-state index is 2.40. The van der Waals surface area contributed by atoms with Gasteiger partial charge in [-0.1, -0.05) is 27.7 Å². The second-order valence-electron chi connectivity index (χ2n) is 5.00. The van der Waals surface area contributed by atoms with Crippen LogP contribution in [0.5, 0.6) is 0 Å². The van der Waals surface area contributed by atoms with E-state index >= 15 is 0 Å². The van der Waals surface area contributed by atoms with Crippen molar-refractivity contribution in [1.82, 2.24) is 4.90 Å². The van der Waals surface area contributed by atoms with Crippen LogP contribution in [-0.2, 0) is 0 Å². The molecule has 0 aromatic carbocycles. The van der Waals surface area contributed by atoms with Crippen LogP contribution in [0.3, 0.4) is 0 Å². The van der Waals surface area contributed by atoms with Crippen LogP contribution in [0, 0.1) is 11.3 Å². The van der Waals surface area contributed by atoms with Crippen LogP contribution in [0.4, 0.5) is 0 Å². The summed E-state index contributed by atoms with van der Waals surface area (Å²) in [4.78, 5) is 2.30. The van der Waals surface area contributed by atoms with Gasteiger partial charge in [-0.3, -0.25) is 0 Å². The van der Waals surface area contributed by atoms with Gasteiger partial charge in [0, 0.05) is 6.54 Å². The van der Waals surface area contributed by atoms with Crippen molar-refractivity contribution in [3.63, 3.8) is 0 Å². The molecular weight excluding hydrogens is 146 g/mol. The molecule has 0 heterocycles. The van der Waals surface area contributed by atoms with Crippen LogP contribution >= 0.6 is 0 Å². The Kier molecular flexibility index (Phi) is 4.84. The Bertz CT molecular complexity index is 106. The highest BCUT2D eigenvalue weighted by atomic mass is 15.1. The molecular formula is C11H25N. The van der Waals surface area contributed by atoms with Crippen LogP contribution in [-0.4, -0.2) is 25.5 Å². The largest absolute Gasteiger partial charge is 0.309 e. The van der Waals surface area contributed by atoms with Crippen LogP contribution < -0.4 is 0 Å². The molecule has 1 atom stereocenters. The Balaban J connectivity index is 4.04. The normalized spacial score (nSPS) is 17.0. The highest BCUT2D eigenvalue weighted by Gasteiger charge is 2.23. The molecule has 1 heteroatoms. The fourth-order valence-electron chi connectivity index (χ4n) is 2.07. The molecule has 0 aliphatic rings. The quantitative estimate of drug-likeness (QED) is 0.614. The van der Waals surface area contributed by atoms with Crippen molar-refractivity contribution in [2.75, 3.05) is 20.6 Å². The van der Waals surface area contributed by atoms with E-state index in [1.54, 1.807) is 0 Å². The first-order valence-corrected chi connectivity index (χ1v) is 5.04. The Morgan fingerprint density at radius 2 is 1.75 bits per heavy atom. The molecule has 0 amide bonds. The van der Waals surface area contributed by atoms with Crippen LogP contribution in [0.15, 0.2) is 0 Å². The van der Waals surface area contributed by atoms with Gasteiger partial charge >= 0.3 is 0 Å². The monoisotopic (exact) mass is 171 g/mol. The molecule has 0 aromatic rings. The molecule has 0 fully saturated rings. The molecule has 0 saturated heterocycles. The van der Waals surface area contributed by atoms with Gasteiger partial charge in [0.15, 0.2) is 0 Å². The lowest BCUT2D eigenvalue weighted by Gasteiger charge is -2.33. The summed E-state index contributed by atoms with van der Waals surface area (Å²) in [6.07, 6.45) is 2.62. The predicted molar refractivity (Wildman–Crippen MR) is 56.4 cm³/mol. The van der Waals surface area contributed by atoms with E-state index in [1.165, 1.54) is 19.4 Å². The predicted octanol–water partition coefficient (Wildman–Crippen LogP) is 3.01. The standard InChI is InChI=1S/C11H25N/c1-7-11(4,8-10(2)3)9-12(5)6/h10H,7-9H2,1-6H3. The van der Waals surface area contributed by atoms with Crippen molar-refractivity contribution < 1.29 is 0 Å². The first kappa shape index (κ1) is 12.0. The zero-order valence-electron chi connectivity index (χ0n) is 9.65. The first-order valence-electron chi connectivity index (χ1n) is 5.04. The lowest BCUT2D eigenvalue weighted by atomic mass is 9.79. The van der Waals surface area contributed by atoms with Crippen LogP contribution in [0.1, 0.15) is 40.5 Å². The summed E-state index contributed by atoms with van der Waals surface area (Å²) in [5, 5.41) is 0. The molecule has 0 rings (SSSR count). The average Bonchev–Trinajstić information content (AvgIpc) is 1.83. The number of hydrogen-bond donors (Lipinski definition) is 0. The summed E-state index contributed by atoms with van der Waals surface area (Å²) >= 11 is 0. The van der Waals surface area contributed by atoms with Gasteiger partial charge in [-0.2, -0.15) is 0 Å². The molecule has 0 spiro atoms. The van der Waals surface area contributed by atoms with E-state index in [1.807, 2.05) is 0 Å².